The number of carbonyl (C=O) groups is 2. The molecule has 136 valence electrons. The molecule has 26 heavy (non-hydrogen) atoms. The van der Waals surface area contributed by atoms with Crippen LogP contribution < -0.4 is 20.3 Å². The van der Waals surface area contributed by atoms with E-state index in [1.54, 1.807) is 24.3 Å². The summed E-state index contributed by atoms with van der Waals surface area (Å²) in [5.74, 6) is 0.830. The summed E-state index contributed by atoms with van der Waals surface area (Å²) in [5, 5.41) is 0.539. The molecule has 1 aliphatic rings. The highest BCUT2D eigenvalue weighted by Crippen LogP contribution is 2.33. The van der Waals surface area contributed by atoms with Gasteiger partial charge in [-0.05, 0) is 42.5 Å². The van der Waals surface area contributed by atoms with Gasteiger partial charge in [-0.15, -0.1) is 11.8 Å². The number of fused-ring (bicyclic) bond motifs is 1. The Bertz CT molecular complexity index is 798. The van der Waals surface area contributed by atoms with Gasteiger partial charge in [0.05, 0.1) is 19.0 Å². The van der Waals surface area contributed by atoms with Crippen LogP contribution in [0.15, 0.2) is 47.4 Å². The standard InChI is InChI=1S/C18H17ClN2O4S/c19-13-4-2-12(3-5-13)18(23)21-20-17(22)11-26-14-6-7-15-16(10-14)25-9-1-8-24-15/h2-7,10H,1,8-9,11H2,(H,20,22)(H,21,23). The number of ether oxygens (including phenoxy) is 2. The molecule has 0 saturated carbocycles. The van der Waals surface area contributed by atoms with E-state index in [-0.39, 0.29) is 11.7 Å². The fourth-order valence-corrected chi connectivity index (χ4v) is 3.07. The van der Waals surface area contributed by atoms with Crippen LogP contribution in [0.4, 0.5) is 0 Å². The minimum Gasteiger partial charge on any atom is -0.490 e. The summed E-state index contributed by atoms with van der Waals surface area (Å²) in [5.41, 5.74) is 5.17. The third-order valence-electron chi connectivity index (χ3n) is 3.51. The predicted molar refractivity (Wildman–Crippen MR) is 99.8 cm³/mol. The molecule has 2 aromatic rings. The molecule has 6 nitrogen and oxygen atoms in total. The first-order valence-corrected chi connectivity index (χ1v) is 9.35. The first-order valence-electron chi connectivity index (χ1n) is 7.99. The quantitative estimate of drug-likeness (QED) is 0.617. The topological polar surface area (TPSA) is 76.7 Å². The lowest BCUT2D eigenvalue weighted by Gasteiger charge is -2.10. The molecular weight excluding hydrogens is 376 g/mol. The average Bonchev–Trinajstić information content (AvgIpc) is 2.90. The number of hydrogen-bond donors (Lipinski definition) is 2. The summed E-state index contributed by atoms with van der Waals surface area (Å²) in [6.45, 7) is 1.24. The zero-order chi connectivity index (χ0) is 18.4. The molecule has 0 unspecified atom stereocenters. The second kappa shape index (κ2) is 8.82. The minimum absolute atomic E-state index is 0.153. The van der Waals surface area contributed by atoms with Crippen molar-refractivity contribution in [2.75, 3.05) is 19.0 Å². The second-order valence-electron chi connectivity index (χ2n) is 5.46. The lowest BCUT2D eigenvalue weighted by Crippen LogP contribution is -2.42. The maximum absolute atomic E-state index is 11.9. The summed E-state index contributed by atoms with van der Waals surface area (Å²) in [4.78, 5) is 24.7. The first kappa shape index (κ1) is 18.4. The van der Waals surface area contributed by atoms with Crippen molar-refractivity contribution in [3.8, 4) is 11.5 Å². The maximum Gasteiger partial charge on any atom is 0.269 e. The van der Waals surface area contributed by atoms with Gasteiger partial charge in [-0.25, -0.2) is 0 Å². The number of thioether (sulfide) groups is 1. The van der Waals surface area contributed by atoms with Crippen LogP contribution in [0, 0.1) is 0 Å². The van der Waals surface area contributed by atoms with Gasteiger partial charge in [0.15, 0.2) is 11.5 Å². The van der Waals surface area contributed by atoms with Crippen molar-refractivity contribution < 1.29 is 19.1 Å². The Hall–Kier alpha value is -2.38. The predicted octanol–water partition coefficient (Wildman–Crippen LogP) is 3.05. The van der Waals surface area contributed by atoms with Crippen molar-refractivity contribution in [2.45, 2.75) is 11.3 Å². The van der Waals surface area contributed by atoms with Crippen LogP contribution in [-0.2, 0) is 4.79 Å². The molecule has 8 heteroatoms. The molecule has 0 spiro atoms. The van der Waals surface area contributed by atoms with Crippen molar-refractivity contribution >= 4 is 35.2 Å². The van der Waals surface area contributed by atoms with Crippen molar-refractivity contribution in [3.05, 3.63) is 53.1 Å². The molecule has 2 N–H and O–H groups in total. The molecular formula is C18H17ClN2O4S. The molecule has 0 aromatic heterocycles. The number of hydrogen-bond acceptors (Lipinski definition) is 5. The molecule has 1 aliphatic heterocycles. The Kier molecular flexibility index (Phi) is 6.25. The summed E-state index contributed by atoms with van der Waals surface area (Å²) in [7, 11) is 0. The molecule has 1 heterocycles. The van der Waals surface area contributed by atoms with Crippen LogP contribution in [0.5, 0.6) is 11.5 Å². The first-order chi connectivity index (χ1) is 12.6. The summed E-state index contributed by atoms with van der Waals surface area (Å²) >= 11 is 7.12. The number of amides is 2. The smallest absolute Gasteiger partial charge is 0.269 e. The average molecular weight is 393 g/mol. The van der Waals surface area contributed by atoms with Crippen molar-refractivity contribution in [2.24, 2.45) is 0 Å². The molecule has 3 rings (SSSR count). The highest BCUT2D eigenvalue weighted by molar-refractivity contribution is 8.00. The fourth-order valence-electron chi connectivity index (χ4n) is 2.22. The van der Waals surface area contributed by atoms with Gasteiger partial charge in [-0.1, -0.05) is 11.6 Å². The fraction of sp³-hybridized carbons (Fsp3) is 0.222. The van der Waals surface area contributed by atoms with Crippen LogP contribution in [0.3, 0.4) is 0 Å². The number of benzene rings is 2. The number of nitrogens with one attached hydrogen (secondary N) is 2. The monoisotopic (exact) mass is 392 g/mol. The van der Waals surface area contributed by atoms with Crippen molar-refractivity contribution in [1.29, 1.82) is 0 Å². The molecule has 0 atom stereocenters. The lowest BCUT2D eigenvalue weighted by atomic mass is 10.2. The highest BCUT2D eigenvalue weighted by Gasteiger charge is 2.12. The molecule has 2 amide bonds. The Morgan fingerprint density at radius 3 is 2.50 bits per heavy atom. The van der Waals surface area contributed by atoms with Gasteiger partial charge in [0, 0.05) is 21.9 Å². The number of rotatable bonds is 4. The van der Waals surface area contributed by atoms with E-state index >= 15 is 0 Å². The third-order valence-corrected chi connectivity index (χ3v) is 4.76. The minimum atomic E-state index is -0.407. The van der Waals surface area contributed by atoms with Crippen molar-refractivity contribution in [1.82, 2.24) is 10.9 Å². The Labute approximate surface area is 160 Å². The lowest BCUT2D eigenvalue weighted by molar-refractivity contribution is -0.119. The molecule has 0 aliphatic carbocycles. The third kappa shape index (κ3) is 5.06. The number of halogens is 1. The van der Waals surface area contributed by atoms with E-state index < -0.39 is 5.91 Å². The Morgan fingerprint density at radius 2 is 1.73 bits per heavy atom. The largest absolute Gasteiger partial charge is 0.490 e. The van der Waals surface area contributed by atoms with Crippen LogP contribution >= 0.6 is 23.4 Å². The summed E-state index contributed by atoms with van der Waals surface area (Å²) in [6, 6.07) is 11.9. The van der Waals surface area contributed by atoms with Gasteiger partial charge in [-0.3, -0.25) is 20.4 Å². The van der Waals surface area contributed by atoms with Gasteiger partial charge in [0.1, 0.15) is 0 Å². The van der Waals surface area contributed by atoms with Crippen LogP contribution in [0.2, 0.25) is 5.02 Å². The van der Waals surface area contributed by atoms with E-state index in [0.29, 0.717) is 35.3 Å². The van der Waals surface area contributed by atoms with Crippen LogP contribution in [0.1, 0.15) is 16.8 Å². The molecule has 0 radical (unpaired) electrons. The van der Waals surface area contributed by atoms with Gasteiger partial charge in [-0.2, -0.15) is 0 Å². The zero-order valence-electron chi connectivity index (χ0n) is 13.8. The van der Waals surface area contributed by atoms with E-state index in [1.165, 1.54) is 11.8 Å². The Morgan fingerprint density at radius 1 is 1.00 bits per heavy atom. The normalized spacial score (nSPS) is 12.8. The number of carbonyl (C=O) groups excluding carboxylic acids is 2. The maximum atomic E-state index is 11.9. The second-order valence-corrected chi connectivity index (χ2v) is 6.94. The summed E-state index contributed by atoms with van der Waals surface area (Å²) < 4.78 is 11.2. The van der Waals surface area contributed by atoms with Gasteiger partial charge in [0.25, 0.3) is 5.91 Å². The summed E-state index contributed by atoms with van der Waals surface area (Å²) in [6.07, 6.45) is 0.840. The molecule has 2 aromatic carbocycles. The van der Waals surface area contributed by atoms with E-state index in [1.807, 2.05) is 18.2 Å². The van der Waals surface area contributed by atoms with Gasteiger partial charge >= 0.3 is 0 Å². The zero-order valence-corrected chi connectivity index (χ0v) is 15.4. The highest BCUT2D eigenvalue weighted by atomic mass is 35.5. The van der Waals surface area contributed by atoms with E-state index in [4.69, 9.17) is 21.1 Å². The van der Waals surface area contributed by atoms with E-state index in [2.05, 4.69) is 10.9 Å². The number of hydrazine groups is 1. The molecule has 0 saturated heterocycles. The van der Waals surface area contributed by atoms with Gasteiger partial charge in [0.2, 0.25) is 5.91 Å². The molecule has 0 bridgehead atoms. The molecule has 0 fully saturated rings. The van der Waals surface area contributed by atoms with Crippen LogP contribution in [-0.4, -0.2) is 30.8 Å². The van der Waals surface area contributed by atoms with E-state index in [9.17, 15) is 9.59 Å². The SMILES string of the molecule is O=C(CSc1ccc2c(c1)OCCCO2)NNC(=O)c1ccc(Cl)cc1. The van der Waals surface area contributed by atoms with E-state index in [0.717, 1.165) is 11.3 Å². The van der Waals surface area contributed by atoms with Gasteiger partial charge < -0.3 is 9.47 Å². The van der Waals surface area contributed by atoms with Crippen LogP contribution in [0.25, 0.3) is 0 Å². The Balaban J connectivity index is 1.47. The van der Waals surface area contributed by atoms with Crippen molar-refractivity contribution in [3.63, 3.8) is 0 Å².